The Hall–Kier alpha value is -1.85. The zero-order valence-electron chi connectivity index (χ0n) is 13.4. The molecule has 1 fully saturated rings. The van der Waals surface area contributed by atoms with E-state index in [0.29, 0.717) is 11.4 Å². The number of ether oxygens (including phenoxy) is 1. The Morgan fingerprint density at radius 2 is 1.87 bits per heavy atom. The van der Waals surface area contributed by atoms with Gasteiger partial charge in [-0.1, -0.05) is 29.8 Å². The van der Waals surface area contributed by atoms with Crippen LogP contribution in [0.25, 0.3) is 0 Å². The molecule has 1 atom stereocenters. The van der Waals surface area contributed by atoms with Crippen LogP contribution < -0.4 is 4.74 Å². The molecule has 1 heterocycles. The number of hydrogen-bond acceptors (Lipinski definition) is 3. The van der Waals surface area contributed by atoms with Crippen molar-refractivity contribution < 1.29 is 13.2 Å². The minimum Gasteiger partial charge on any atom is -0.497 e. The maximum atomic E-state index is 13.0. The van der Waals surface area contributed by atoms with Gasteiger partial charge in [0.1, 0.15) is 5.75 Å². The number of rotatable bonds is 4. The van der Waals surface area contributed by atoms with Gasteiger partial charge >= 0.3 is 0 Å². The van der Waals surface area contributed by atoms with Gasteiger partial charge in [0.25, 0.3) is 0 Å². The van der Waals surface area contributed by atoms with Crippen molar-refractivity contribution in [1.29, 1.82) is 0 Å². The molecule has 122 valence electrons. The van der Waals surface area contributed by atoms with Crippen LogP contribution in [0.5, 0.6) is 5.75 Å². The third kappa shape index (κ3) is 3.12. The Kier molecular flexibility index (Phi) is 4.41. The highest BCUT2D eigenvalue weighted by Crippen LogP contribution is 2.37. The molecular formula is C18H21NO3S. The minimum atomic E-state index is -3.48. The third-order valence-electron chi connectivity index (χ3n) is 4.31. The van der Waals surface area contributed by atoms with Gasteiger partial charge in [0.2, 0.25) is 10.0 Å². The summed E-state index contributed by atoms with van der Waals surface area (Å²) >= 11 is 0. The molecule has 0 radical (unpaired) electrons. The van der Waals surface area contributed by atoms with E-state index in [1.54, 1.807) is 23.5 Å². The standard InChI is InChI=1S/C18H21NO3S/c1-14-8-10-17(11-9-14)23(20,21)19-12-4-7-18(19)15-5-3-6-16(13-15)22-2/h3,5-6,8-11,13,18H,4,7,12H2,1-2H3/t18-/m1/s1. The van der Waals surface area contributed by atoms with E-state index in [9.17, 15) is 8.42 Å². The molecule has 23 heavy (non-hydrogen) atoms. The van der Waals surface area contributed by atoms with Gasteiger partial charge in [-0.25, -0.2) is 8.42 Å². The van der Waals surface area contributed by atoms with Crippen molar-refractivity contribution in [3.63, 3.8) is 0 Å². The number of benzene rings is 2. The number of nitrogens with zero attached hydrogens (tertiary/aromatic N) is 1. The summed E-state index contributed by atoms with van der Waals surface area (Å²) in [6.07, 6.45) is 1.70. The summed E-state index contributed by atoms with van der Waals surface area (Å²) in [6, 6.07) is 14.6. The zero-order valence-corrected chi connectivity index (χ0v) is 14.2. The van der Waals surface area contributed by atoms with Crippen LogP contribution in [0.1, 0.15) is 30.0 Å². The van der Waals surface area contributed by atoms with Gasteiger partial charge < -0.3 is 4.74 Å². The summed E-state index contributed by atoms with van der Waals surface area (Å²) in [5.74, 6) is 0.752. The van der Waals surface area contributed by atoms with E-state index in [4.69, 9.17) is 4.74 Å². The molecule has 1 aliphatic heterocycles. The molecule has 0 bridgehead atoms. The first-order chi connectivity index (χ1) is 11.0. The third-order valence-corrected chi connectivity index (χ3v) is 6.23. The quantitative estimate of drug-likeness (QED) is 0.861. The zero-order chi connectivity index (χ0) is 16.4. The van der Waals surface area contributed by atoms with Crippen molar-refractivity contribution in [2.24, 2.45) is 0 Å². The number of methoxy groups -OCH3 is 1. The minimum absolute atomic E-state index is 0.128. The maximum absolute atomic E-state index is 13.0. The highest BCUT2D eigenvalue weighted by Gasteiger charge is 2.36. The lowest BCUT2D eigenvalue weighted by Crippen LogP contribution is -2.30. The molecule has 0 aliphatic carbocycles. The van der Waals surface area contributed by atoms with Crippen LogP contribution in [0, 0.1) is 6.92 Å². The molecular weight excluding hydrogens is 310 g/mol. The fourth-order valence-corrected chi connectivity index (χ4v) is 4.74. The van der Waals surface area contributed by atoms with Crippen molar-refractivity contribution in [2.45, 2.75) is 30.7 Å². The predicted molar refractivity (Wildman–Crippen MR) is 90.0 cm³/mol. The van der Waals surface area contributed by atoms with Crippen molar-refractivity contribution in [3.8, 4) is 5.75 Å². The van der Waals surface area contributed by atoms with E-state index in [0.717, 1.165) is 29.7 Å². The second-order valence-corrected chi connectivity index (χ2v) is 7.75. The molecule has 1 saturated heterocycles. The van der Waals surface area contributed by atoms with Gasteiger partial charge in [-0.2, -0.15) is 4.31 Å². The molecule has 0 N–H and O–H groups in total. The Labute approximate surface area is 137 Å². The highest BCUT2D eigenvalue weighted by molar-refractivity contribution is 7.89. The molecule has 2 aromatic rings. The Morgan fingerprint density at radius 1 is 1.13 bits per heavy atom. The van der Waals surface area contributed by atoms with Gasteiger partial charge in [-0.05, 0) is 49.6 Å². The Bertz CT molecular complexity index is 784. The van der Waals surface area contributed by atoms with Gasteiger partial charge in [-0.15, -0.1) is 0 Å². The topological polar surface area (TPSA) is 46.6 Å². The molecule has 0 amide bonds. The average molecular weight is 331 g/mol. The van der Waals surface area contributed by atoms with Crippen LogP contribution in [0.15, 0.2) is 53.4 Å². The molecule has 5 heteroatoms. The van der Waals surface area contributed by atoms with Crippen LogP contribution in [-0.2, 0) is 10.0 Å². The van der Waals surface area contributed by atoms with Crippen LogP contribution in [0.2, 0.25) is 0 Å². The first-order valence-corrected chi connectivity index (χ1v) is 9.19. The van der Waals surface area contributed by atoms with Gasteiger partial charge in [0.15, 0.2) is 0 Å². The molecule has 0 saturated carbocycles. The molecule has 4 nitrogen and oxygen atoms in total. The average Bonchev–Trinajstić information content (AvgIpc) is 3.06. The Morgan fingerprint density at radius 3 is 2.57 bits per heavy atom. The first-order valence-electron chi connectivity index (χ1n) is 7.75. The lowest BCUT2D eigenvalue weighted by atomic mass is 10.1. The predicted octanol–water partition coefficient (Wildman–Crippen LogP) is 3.53. The second kappa shape index (κ2) is 6.34. The normalized spacial score (nSPS) is 19.0. The van der Waals surface area contributed by atoms with Crippen molar-refractivity contribution in [1.82, 2.24) is 4.31 Å². The van der Waals surface area contributed by atoms with E-state index in [-0.39, 0.29) is 6.04 Å². The highest BCUT2D eigenvalue weighted by atomic mass is 32.2. The van der Waals surface area contributed by atoms with Crippen molar-refractivity contribution in [3.05, 3.63) is 59.7 Å². The van der Waals surface area contributed by atoms with Gasteiger partial charge in [0.05, 0.1) is 18.0 Å². The van der Waals surface area contributed by atoms with Crippen LogP contribution in [-0.4, -0.2) is 26.4 Å². The maximum Gasteiger partial charge on any atom is 0.243 e. The van der Waals surface area contributed by atoms with E-state index in [2.05, 4.69) is 0 Å². The smallest absolute Gasteiger partial charge is 0.243 e. The lowest BCUT2D eigenvalue weighted by molar-refractivity contribution is 0.390. The van der Waals surface area contributed by atoms with E-state index >= 15 is 0 Å². The molecule has 2 aromatic carbocycles. The fraction of sp³-hybridized carbons (Fsp3) is 0.333. The summed E-state index contributed by atoms with van der Waals surface area (Å²) < 4.78 is 32.8. The summed E-state index contributed by atoms with van der Waals surface area (Å²) in [7, 11) is -1.86. The number of aryl methyl sites for hydroxylation is 1. The number of sulfonamides is 1. The lowest BCUT2D eigenvalue weighted by Gasteiger charge is -2.24. The fourth-order valence-electron chi connectivity index (χ4n) is 3.06. The van der Waals surface area contributed by atoms with Gasteiger partial charge in [0, 0.05) is 6.54 Å². The molecule has 0 aromatic heterocycles. The first kappa shape index (κ1) is 16.0. The van der Waals surface area contributed by atoms with E-state index in [1.165, 1.54) is 0 Å². The summed E-state index contributed by atoms with van der Waals surface area (Å²) in [5, 5.41) is 0. The van der Waals surface area contributed by atoms with E-state index in [1.807, 2.05) is 43.3 Å². The van der Waals surface area contributed by atoms with Gasteiger partial charge in [-0.3, -0.25) is 0 Å². The monoisotopic (exact) mass is 331 g/mol. The van der Waals surface area contributed by atoms with E-state index < -0.39 is 10.0 Å². The van der Waals surface area contributed by atoms with Crippen LogP contribution in [0.3, 0.4) is 0 Å². The Balaban J connectivity index is 1.96. The summed E-state index contributed by atoms with van der Waals surface area (Å²) in [4.78, 5) is 0.359. The summed E-state index contributed by atoms with van der Waals surface area (Å²) in [5.41, 5.74) is 2.03. The molecule has 3 rings (SSSR count). The van der Waals surface area contributed by atoms with Crippen molar-refractivity contribution >= 4 is 10.0 Å². The molecule has 1 aliphatic rings. The van der Waals surface area contributed by atoms with Crippen LogP contribution in [0.4, 0.5) is 0 Å². The van der Waals surface area contributed by atoms with Crippen molar-refractivity contribution in [2.75, 3.05) is 13.7 Å². The van der Waals surface area contributed by atoms with Crippen LogP contribution >= 0.6 is 0 Å². The number of hydrogen-bond donors (Lipinski definition) is 0. The largest absolute Gasteiger partial charge is 0.497 e. The summed E-state index contributed by atoms with van der Waals surface area (Å²) in [6.45, 7) is 2.50. The molecule has 0 spiro atoms. The SMILES string of the molecule is COc1cccc([C@H]2CCCN2S(=O)(=O)c2ccc(C)cc2)c1. The second-order valence-electron chi connectivity index (χ2n) is 5.86. The molecule has 0 unspecified atom stereocenters.